The van der Waals surface area contributed by atoms with Crippen LogP contribution in [0.4, 0.5) is 11.4 Å². The minimum atomic E-state index is -3.69. The Morgan fingerprint density at radius 3 is 2.31 bits per heavy atom. The highest BCUT2D eigenvalue weighted by molar-refractivity contribution is 7.90. The maximum absolute atomic E-state index is 11.9. The van der Waals surface area contributed by atoms with Gasteiger partial charge in [0.25, 0.3) is 0 Å². The summed E-state index contributed by atoms with van der Waals surface area (Å²) >= 11 is 0. The first-order valence-corrected chi connectivity index (χ1v) is 11.6. The van der Waals surface area contributed by atoms with Gasteiger partial charge in [0.1, 0.15) is 10.6 Å². The number of rotatable bonds is 7. The number of hydrogen-bond donors (Lipinski definition) is 1. The van der Waals surface area contributed by atoms with Gasteiger partial charge in [-0.2, -0.15) is 0 Å². The zero-order valence-corrected chi connectivity index (χ0v) is 17.6. The summed E-state index contributed by atoms with van der Waals surface area (Å²) in [6.45, 7) is 5.86. The molecule has 156 valence electrons. The second-order valence-electron chi connectivity index (χ2n) is 7.81. The van der Waals surface area contributed by atoms with Crippen molar-refractivity contribution in [3.05, 3.63) is 63.7 Å². The number of nitrogens with one attached hydrogen (secondary N) is 1. The number of nitro benzene ring substituents is 1. The Morgan fingerprint density at radius 2 is 1.72 bits per heavy atom. The van der Waals surface area contributed by atoms with Crippen molar-refractivity contribution in [3.8, 4) is 0 Å². The number of sulfone groups is 1. The van der Waals surface area contributed by atoms with Crippen LogP contribution < -0.4 is 5.32 Å². The molecule has 29 heavy (non-hydrogen) atoms. The van der Waals surface area contributed by atoms with Gasteiger partial charge in [-0.05, 0) is 55.1 Å². The van der Waals surface area contributed by atoms with Gasteiger partial charge in [-0.3, -0.25) is 15.0 Å². The van der Waals surface area contributed by atoms with E-state index in [0.29, 0.717) is 6.54 Å². The largest absolute Gasteiger partial charge is 0.375 e. The molecule has 0 spiro atoms. The number of para-hydroxylation sites is 1. The molecule has 1 saturated heterocycles. The van der Waals surface area contributed by atoms with E-state index in [1.807, 2.05) is 12.1 Å². The highest BCUT2D eigenvalue weighted by Gasteiger charge is 2.25. The number of nitro groups is 1. The molecule has 0 bridgehead atoms. The summed E-state index contributed by atoms with van der Waals surface area (Å²) in [5.41, 5.74) is 2.00. The molecular formula is C21H27N3O4S. The minimum absolute atomic E-state index is 0.199. The molecule has 1 N–H and O–H groups in total. The van der Waals surface area contributed by atoms with Gasteiger partial charge in [0.15, 0.2) is 9.84 Å². The molecule has 3 rings (SSSR count). The zero-order chi connectivity index (χ0) is 21.0. The second kappa shape index (κ2) is 8.92. The molecule has 2 aromatic carbocycles. The molecule has 0 saturated carbocycles. The lowest BCUT2D eigenvalue weighted by Gasteiger charge is -2.30. The van der Waals surface area contributed by atoms with Crippen molar-refractivity contribution in [2.75, 3.05) is 24.7 Å². The quantitative estimate of drug-likeness (QED) is 0.543. The van der Waals surface area contributed by atoms with E-state index in [0.717, 1.165) is 37.4 Å². The lowest BCUT2D eigenvalue weighted by Crippen LogP contribution is -2.32. The van der Waals surface area contributed by atoms with Crippen LogP contribution in [0.3, 0.4) is 0 Å². The minimum Gasteiger partial charge on any atom is -0.375 e. The van der Waals surface area contributed by atoms with Crippen LogP contribution in [0.5, 0.6) is 0 Å². The number of benzene rings is 2. The summed E-state index contributed by atoms with van der Waals surface area (Å²) in [4.78, 5) is 13.0. The van der Waals surface area contributed by atoms with Crippen LogP contribution in [-0.4, -0.2) is 37.6 Å². The maximum atomic E-state index is 11.9. The Labute approximate surface area is 171 Å². The van der Waals surface area contributed by atoms with E-state index < -0.39 is 20.4 Å². The van der Waals surface area contributed by atoms with Gasteiger partial charge in [-0.15, -0.1) is 0 Å². The molecule has 1 heterocycles. The number of anilines is 1. The standard InChI is InChI=1S/C21H27N3O4S/c1-16-10-12-23(13-11-16)15-18-8-6-17(7-9-18)14-22-19-4-3-5-20(29(2,27)28)21(19)24(25)26/h3-9,16,22H,10-15H2,1-2H3. The van der Waals surface area contributed by atoms with Gasteiger partial charge in [-0.25, -0.2) is 8.42 Å². The SMILES string of the molecule is CC1CCN(Cc2ccc(CNc3cccc(S(C)(=O)=O)c3[N+](=O)[O-])cc2)CC1. The lowest BCUT2D eigenvalue weighted by atomic mass is 9.99. The third kappa shape index (κ3) is 5.55. The molecule has 7 nitrogen and oxygen atoms in total. The average Bonchev–Trinajstić information content (AvgIpc) is 2.68. The van der Waals surface area contributed by atoms with Crippen molar-refractivity contribution in [1.29, 1.82) is 0 Å². The Balaban J connectivity index is 1.67. The number of piperidine rings is 1. The first kappa shape index (κ1) is 21.3. The van der Waals surface area contributed by atoms with Gasteiger partial charge in [0.2, 0.25) is 0 Å². The third-order valence-electron chi connectivity index (χ3n) is 5.37. The molecule has 0 aliphatic carbocycles. The normalized spacial score (nSPS) is 15.9. The Kier molecular flexibility index (Phi) is 6.54. The van der Waals surface area contributed by atoms with Gasteiger partial charge in [0, 0.05) is 19.3 Å². The van der Waals surface area contributed by atoms with Crippen LogP contribution in [-0.2, 0) is 22.9 Å². The third-order valence-corrected chi connectivity index (χ3v) is 6.50. The fraction of sp³-hybridized carbons (Fsp3) is 0.429. The number of hydrogen-bond acceptors (Lipinski definition) is 6. The topological polar surface area (TPSA) is 92.6 Å². The molecule has 0 radical (unpaired) electrons. The smallest absolute Gasteiger partial charge is 0.310 e. The summed E-state index contributed by atoms with van der Waals surface area (Å²) in [6, 6.07) is 12.5. The van der Waals surface area contributed by atoms with Crippen molar-refractivity contribution < 1.29 is 13.3 Å². The van der Waals surface area contributed by atoms with Gasteiger partial charge >= 0.3 is 5.69 Å². The molecule has 0 amide bonds. The van der Waals surface area contributed by atoms with E-state index >= 15 is 0 Å². The predicted molar refractivity (Wildman–Crippen MR) is 114 cm³/mol. The molecule has 8 heteroatoms. The molecule has 0 unspecified atom stereocenters. The van der Waals surface area contributed by atoms with Crippen LogP contribution in [0, 0.1) is 16.0 Å². The van der Waals surface area contributed by atoms with E-state index in [1.54, 1.807) is 0 Å². The summed E-state index contributed by atoms with van der Waals surface area (Å²) in [5, 5.41) is 14.5. The van der Waals surface area contributed by atoms with Crippen LogP contribution in [0.25, 0.3) is 0 Å². The van der Waals surface area contributed by atoms with Crippen molar-refractivity contribution >= 4 is 21.2 Å². The van der Waals surface area contributed by atoms with Crippen LogP contribution in [0.2, 0.25) is 0 Å². The summed E-state index contributed by atoms with van der Waals surface area (Å²) in [5.74, 6) is 0.810. The first-order valence-electron chi connectivity index (χ1n) is 9.75. The van der Waals surface area contributed by atoms with Crippen molar-refractivity contribution in [1.82, 2.24) is 4.90 Å². The highest BCUT2D eigenvalue weighted by Crippen LogP contribution is 2.32. The lowest BCUT2D eigenvalue weighted by molar-refractivity contribution is -0.386. The molecule has 0 aromatic heterocycles. The van der Waals surface area contributed by atoms with Crippen LogP contribution in [0.15, 0.2) is 47.4 Å². The van der Waals surface area contributed by atoms with Gasteiger partial charge in [-0.1, -0.05) is 37.3 Å². The van der Waals surface area contributed by atoms with Crippen LogP contribution in [0.1, 0.15) is 30.9 Å². The maximum Gasteiger partial charge on any atom is 0.310 e. The van der Waals surface area contributed by atoms with Crippen LogP contribution >= 0.6 is 0 Å². The van der Waals surface area contributed by atoms with Crippen molar-refractivity contribution in [3.63, 3.8) is 0 Å². The van der Waals surface area contributed by atoms with E-state index in [1.165, 1.54) is 36.6 Å². The van der Waals surface area contributed by atoms with Gasteiger partial charge < -0.3 is 5.32 Å². The van der Waals surface area contributed by atoms with E-state index in [2.05, 4.69) is 29.3 Å². The van der Waals surface area contributed by atoms with E-state index in [9.17, 15) is 18.5 Å². The summed E-state index contributed by atoms with van der Waals surface area (Å²) < 4.78 is 23.7. The number of likely N-dealkylation sites (tertiary alicyclic amines) is 1. The molecule has 1 aliphatic rings. The first-order chi connectivity index (χ1) is 13.7. The van der Waals surface area contributed by atoms with Gasteiger partial charge in [0.05, 0.1) is 4.92 Å². The molecule has 2 aromatic rings. The highest BCUT2D eigenvalue weighted by atomic mass is 32.2. The Morgan fingerprint density at radius 1 is 1.10 bits per heavy atom. The monoisotopic (exact) mass is 417 g/mol. The van der Waals surface area contributed by atoms with E-state index in [-0.39, 0.29) is 10.6 Å². The van der Waals surface area contributed by atoms with Crippen molar-refractivity contribution in [2.45, 2.75) is 37.8 Å². The average molecular weight is 418 g/mol. The second-order valence-corrected chi connectivity index (χ2v) is 9.79. The molecule has 1 aliphatic heterocycles. The van der Waals surface area contributed by atoms with Crippen molar-refractivity contribution in [2.24, 2.45) is 5.92 Å². The Hall–Kier alpha value is -2.45. The summed E-state index contributed by atoms with van der Waals surface area (Å²) in [7, 11) is -3.69. The molecular weight excluding hydrogens is 390 g/mol. The molecule has 1 fully saturated rings. The fourth-order valence-electron chi connectivity index (χ4n) is 3.59. The summed E-state index contributed by atoms with van der Waals surface area (Å²) in [6.07, 6.45) is 3.46. The van der Waals surface area contributed by atoms with E-state index in [4.69, 9.17) is 0 Å². The Bertz CT molecular complexity index is 966. The molecule has 0 atom stereocenters. The zero-order valence-electron chi connectivity index (χ0n) is 16.8. The fourth-order valence-corrected chi connectivity index (χ4v) is 4.45. The predicted octanol–water partition coefficient (Wildman–Crippen LogP) is 3.84. The number of nitrogens with zero attached hydrogens (tertiary/aromatic N) is 2.